The maximum atomic E-state index is 4.79. The average molecular weight is 326 g/mol. The molecular weight excluding hydrogens is 304 g/mol. The zero-order chi connectivity index (χ0) is 15.5. The van der Waals surface area contributed by atoms with Crippen LogP contribution < -0.4 is 0 Å². The van der Waals surface area contributed by atoms with Gasteiger partial charge in [-0.2, -0.15) is 9.61 Å². The second-order valence-electron chi connectivity index (χ2n) is 6.42. The van der Waals surface area contributed by atoms with Crippen LogP contribution >= 0.6 is 11.3 Å². The summed E-state index contributed by atoms with van der Waals surface area (Å²) < 4.78 is 2.01. The van der Waals surface area contributed by atoms with Crippen LogP contribution in [-0.4, -0.2) is 19.8 Å². The Morgan fingerprint density at radius 3 is 2.65 bits per heavy atom. The molecule has 0 unspecified atom stereocenters. The SMILES string of the molecule is c1ccc(CCCc2nn3c(C4CCCCC4)nnc3s2)cc1. The third-order valence-electron chi connectivity index (χ3n) is 4.73. The van der Waals surface area contributed by atoms with Gasteiger partial charge in [-0.25, -0.2) is 0 Å². The Labute approximate surface area is 140 Å². The molecule has 4 rings (SSSR count). The minimum absolute atomic E-state index is 0.554. The summed E-state index contributed by atoms with van der Waals surface area (Å²) in [7, 11) is 0. The van der Waals surface area contributed by atoms with E-state index in [1.54, 1.807) is 11.3 Å². The van der Waals surface area contributed by atoms with E-state index < -0.39 is 0 Å². The molecule has 23 heavy (non-hydrogen) atoms. The number of fused-ring (bicyclic) bond motifs is 1. The van der Waals surface area contributed by atoms with Crippen molar-refractivity contribution in [2.75, 3.05) is 0 Å². The average Bonchev–Trinajstić information content (AvgIpc) is 3.17. The lowest BCUT2D eigenvalue weighted by atomic mass is 9.89. The van der Waals surface area contributed by atoms with Gasteiger partial charge >= 0.3 is 0 Å². The third-order valence-corrected chi connectivity index (χ3v) is 5.68. The van der Waals surface area contributed by atoms with Gasteiger partial charge in [-0.3, -0.25) is 0 Å². The highest BCUT2D eigenvalue weighted by Gasteiger charge is 2.22. The molecule has 4 nitrogen and oxygen atoms in total. The molecule has 0 saturated heterocycles. The molecule has 1 aliphatic rings. The molecule has 0 amide bonds. The molecule has 1 aromatic carbocycles. The molecule has 5 heteroatoms. The molecule has 0 N–H and O–H groups in total. The zero-order valence-corrected chi connectivity index (χ0v) is 14.1. The highest BCUT2D eigenvalue weighted by Crippen LogP contribution is 2.32. The first-order valence-electron chi connectivity index (χ1n) is 8.65. The summed E-state index contributed by atoms with van der Waals surface area (Å²) in [5.74, 6) is 1.64. The zero-order valence-electron chi connectivity index (χ0n) is 13.3. The molecule has 120 valence electrons. The van der Waals surface area contributed by atoms with Gasteiger partial charge in [-0.1, -0.05) is 60.9 Å². The molecule has 1 saturated carbocycles. The highest BCUT2D eigenvalue weighted by atomic mass is 32.1. The van der Waals surface area contributed by atoms with Crippen LogP contribution in [0.2, 0.25) is 0 Å². The summed E-state index contributed by atoms with van der Waals surface area (Å²) in [5.41, 5.74) is 1.40. The lowest BCUT2D eigenvalue weighted by Gasteiger charge is -2.18. The minimum atomic E-state index is 0.554. The van der Waals surface area contributed by atoms with Gasteiger partial charge in [0.05, 0.1) is 0 Å². The smallest absolute Gasteiger partial charge is 0.187 e. The monoisotopic (exact) mass is 326 g/mol. The fourth-order valence-electron chi connectivity index (χ4n) is 3.48. The number of benzene rings is 1. The molecule has 0 radical (unpaired) electrons. The van der Waals surface area contributed by atoms with Gasteiger partial charge in [0.1, 0.15) is 5.01 Å². The summed E-state index contributed by atoms with van der Waals surface area (Å²) in [5, 5.41) is 14.7. The van der Waals surface area contributed by atoms with E-state index in [0.29, 0.717) is 5.92 Å². The van der Waals surface area contributed by atoms with Crippen molar-refractivity contribution in [3.63, 3.8) is 0 Å². The quantitative estimate of drug-likeness (QED) is 0.697. The molecule has 1 aliphatic carbocycles. The van der Waals surface area contributed by atoms with Crippen molar-refractivity contribution in [3.05, 3.63) is 46.7 Å². The maximum Gasteiger partial charge on any atom is 0.234 e. The summed E-state index contributed by atoms with van der Waals surface area (Å²) in [6.07, 6.45) is 9.72. The largest absolute Gasteiger partial charge is 0.234 e. The van der Waals surface area contributed by atoms with Crippen LogP contribution in [0.5, 0.6) is 0 Å². The predicted molar refractivity (Wildman–Crippen MR) is 93.0 cm³/mol. The number of rotatable bonds is 5. The minimum Gasteiger partial charge on any atom is -0.187 e. The first kappa shape index (κ1) is 14.8. The van der Waals surface area contributed by atoms with Crippen molar-refractivity contribution < 1.29 is 0 Å². The molecule has 0 bridgehead atoms. The van der Waals surface area contributed by atoms with Crippen molar-refractivity contribution in [2.45, 2.75) is 57.3 Å². The van der Waals surface area contributed by atoms with Gasteiger partial charge in [-0.15, -0.1) is 10.2 Å². The maximum absolute atomic E-state index is 4.79. The van der Waals surface area contributed by atoms with Crippen molar-refractivity contribution in [1.82, 2.24) is 19.8 Å². The lowest BCUT2D eigenvalue weighted by Crippen LogP contribution is -2.09. The van der Waals surface area contributed by atoms with Crippen LogP contribution in [0, 0.1) is 0 Å². The summed E-state index contributed by atoms with van der Waals surface area (Å²) in [6.45, 7) is 0. The van der Waals surface area contributed by atoms with Gasteiger partial charge in [0.25, 0.3) is 0 Å². The fourth-order valence-corrected chi connectivity index (χ4v) is 4.36. The summed E-state index contributed by atoms with van der Waals surface area (Å²) >= 11 is 1.70. The van der Waals surface area contributed by atoms with E-state index in [9.17, 15) is 0 Å². The van der Waals surface area contributed by atoms with Gasteiger partial charge in [0.15, 0.2) is 5.82 Å². The number of hydrogen-bond donors (Lipinski definition) is 0. The molecular formula is C18H22N4S. The van der Waals surface area contributed by atoms with Crippen LogP contribution in [0.25, 0.3) is 4.96 Å². The van der Waals surface area contributed by atoms with E-state index in [1.165, 1.54) is 42.7 Å². The number of aromatic nitrogens is 4. The Balaban J connectivity index is 1.43. The normalized spacial score (nSPS) is 16.2. The molecule has 0 spiro atoms. The van der Waals surface area contributed by atoms with E-state index in [1.807, 2.05) is 4.52 Å². The van der Waals surface area contributed by atoms with Gasteiger partial charge in [0.2, 0.25) is 4.96 Å². The highest BCUT2D eigenvalue weighted by molar-refractivity contribution is 7.16. The van der Waals surface area contributed by atoms with E-state index in [-0.39, 0.29) is 0 Å². The van der Waals surface area contributed by atoms with E-state index >= 15 is 0 Å². The summed E-state index contributed by atoms with van der Waals surface area (Å²) in [4.78, 5) is 0.959. The summed E-state index contributed by atoms with van der Waals surface area (Å²) in [6, 6.07) is 10.7. The van der Waals surface area contributed by atoms with Gasteiger partial charge in [-0.05, 0) is 31.2 Å². The van der Waals surface area contributed by atoms with E-state index in [0.717, 1.165) is 30.0 Å². The standard InChI is InChI=1S/C18H22N4S/c1-3-8-14(9-4-1)10-7-13-16-21-22-17(19-20-18(22)23-16)15-11-5-2-6-12-15/h1,3-4,8-9,15H,2,5-7,10-13H2. The van der Waals surface area contributed by atoms with Crippen LogP contribution in [-0.2, 0) is 12.8 Å². The molecule has 1 fully saturated rings. The Bertz CT molecular complexity index is 756. The van der Waals surface area contributed by atoms with Crippen LogP contribution in [0.3, 0.4) is 0 Å². The number of aryl methyl sites for hydroxylation is 2. The first-order valence-corrected chi connectivity index (χ1v) is 9.47. The lowest BCUT2D eigenvalue weighted by molar-refractivity contribution is 0.423. The second kappa shape index (κ2) is 6.79. The number of nitrogens with zero attached hydrogens (tertiary/aromatic N) is 4. The third kappa shape index (κ3) is 3.29. The van der Waals surface area contributed by atoms with Crippen LogP contribution in [0.15, 0.2) is 30.3 Å². The van der Waals surface area contributed by atoms with Crippen LogP contribution in [0.4, 0.5) is 0 Å². The van der Waals surface area contributed by atoms with Gasteiger partial charge in [0, 0.05) is 12.3 Å². The van der Waals surface area contributed by atoms with Crippen molar-refractivity contribution in [1.29, 1.82) is 0 Å². The molecule has 0 aliphatic heterocycles. The van der Waals surface area contributed by atoms with Crippen LogP contribution in [0.1, 0.15) is 60.8 Å². The fraction of sp³-hybridized carbons (Fsp3) is 0.500. The Morgan fingerprint density at radius 2 is 1.83 bits per heavy atom. The van der Waals surface area contributed by atoms with Crippen molar-refractivity contribution in [2.24, 2.45) is 0 Å². The Morgan fingerprint density at radius 1 is 1.00 bits per heavy atom. The van der Waals surface area contributed by atoms with Crippen molar-refractivity contribution >= 4 is 16.3 Å². The topological polar surface area (TPSA) is 43.1 Å². The van der Waals surface area contributed by atoms with Gasteiger partial charge < -0.3 is 0 Å². The van der Waals surface area contributed by atoms with E-state index in [2.05, 4.69) is 40.5 Å². The first-order chi connectivity index (χ1) is 11.4. The Hall–Kier alpha value is -1.75. The van der Waals surface area contributed by atoms with Crippen molar-refractivity contribution in [3.8, 4) is 0 Å². The number of hydrogen-bond acceptors (Lipinski definition) is 4. The predicted octanol–water partition coefficient (Wildman–Crippen LogP) is 4.41. The molecule has 3 aromatic rings. The van der Waals surface area contributed by atoms with E-state index in [4.69, 9.17) is 5.10 Å². The molecule has 2 aromatic heterocycles. The second-order valence-corrected chi connectivity index (χ2v) is 7.46. The molecule has 2 heterocycles. The Kier molecular flexibility index (Phi) is 4.37. The molecule has 0 atom stereocenters.